The molecular formula is C23H19BrO6. The first kappa shape index (κ1) is 21.4. The van der Waals surface area contributed by atoms with Crippen molar-refractivity contribution in [2.45, 2.75) is 0 Å². The van der Waals surface area contributed by atoms with Crippen molar-refractivity contribution in [2.75, 3.05) is 20.3 Å². The second-order valence-corrected chi connectivity index (χ2v) is 6.97. The molecule has 0 aliphatic carbocycles. The maximum Gasteiger partial charge on any atom is 0.347 e. The zero-order valence-corrected chi connectivity index (χ0v) is 17.8. The van der Waals surface area contributed by atoms with Crippen LogP contribution < -0.4 is 14.2 Å². The van der Waals surface area contributed by atoms with E-state index < -0.39 is 11.9 Å². The first-order chi connectivity index (χ1) is 14.6. The standard InChI is InChI=1S/C23H19BrO6/c1-27-21-12-9-17(24)15-20(21)23(26)30-19-10-7-16(8-11-19)22(25)29-14-13-28-18-5-3-2-4-6-18/h2-12,15H,13-14H2,1H3. The van der Waals surface area contributed by atoms with E-state index in [1.807, 2.05) is 30.3 Å². The van der Waals surface area contributed by atoms with E-state index >= 15 is 0 Å². The molecule has 30 heavy (non-hydrogen) atoms. The van der Waals surface area contributed by atoms with Gasteiger partial charge in [0.2, 0.25) is 0 Å². The van der Waals surface area contributed by atoms with Crippen molar-refractivity contribution >= 4 is 27.9 Å². The number of hydrogen-bond donors (Lipinski definition) is 0. The van der Waals surface area contributed by atoms with Crippen molar-refractivity contribution in [3.8, 4) is 17.2 Å². The van der Waals surface area contributed by atoms with Gasteiger partial charge in [-0.3, -0.25) is 0 Å². The minimum atomic E-state index is -0.568. The molecule has 0 radical (unpaired) electrons. The average Bonchev–Trinajstić information content (AvgIpc) is 2.77. The molecule has 7 heteroatoms. The quantitative estimate of drug-likeness (QED) is 0.264. The molecule has 0 aliphatic rings. The molecule has 0 saturated heterocycles. The van der Waals surface area contributed by atoms with Gasteiger partial charge in [-0.2, -0.15) is 0 Å². The summed E-state index contributed by atoms with van der Waals surface area (Å²) >= 11 is 3.32. The fourth-order valence-electron chi connectivity index (χ4n) is 2.55. The molecule has 3 aromatic carbocycles. The van der Waals surface area contributed by atoms with E-state index in [1.165, 1.54) is 31.4 Å². The maximum absolute atomic E-state index is 12.4. The van der Waals surface area contributed by atoms with Gasteiger partial charge in [-0.25, -0.2) is 9.59 Å². The van der Waals surface area contributed by atoms with Crippen LogP contribution in [0.2, 0.25) is 0 Å². The molecule has 0 heterocycles. The number of halogens is 1. The third-order valence-electron chi connectivity index (χ3n) is 4.01. The smallest absolute Gasteiger partial charge is 0.347 e. The number of carbonyl (C=O) groups is 2. The third-order valence-corrected chi connectivity index (χ3v) is 4.50. The number of esters is 2. The van der Waals surface area contributed by atoms with E-state index in [2.05, 4.69) is 15.9 Å². The van der Waals surface area contributed by atoms with Crippen LogP contribution >= 0.6 is 15.9 Å². The van der Waals surface area contributed by atoms with Gasteiger partial charge >= 0.3 is 11.9 Å². The molecule has 0 saturated carbocycles. The lowest BCUT2D eigenvalue weighted by atomic mass is 10.2. The number of methoxy groups -OCH3 is 1. The van der Waals surface area contributed by atoms with Gasteiger partial charge in [0.05, 0.1) is 12.7 Å². The molecule has 0 atom stereocenters. The normalized spacial score (nSPS) is 10.2. The minimum absolute atomic E-state index is 0.118. The first-order valence-electron chi connectivity index (χ1n) is 9.07. The number of ether oxygens (including phenoxy) is 4. The summed E-state index contributed by atoms with van der Waals surface area (Å²) in [5, 5.41) is 0. The number of benzene rings is 3. The Morgan fingerprint density at radius 2 is 1.57 bits per heavy atom. The highest BCUT2D eigenvalue weighted by molar-refractivity contribution is 9.10. The molecule has 0 fully saturated rings. The molecule has 0 bridgehead atoms. The van der Waals surface area contributed by atoms with Crippen LogP contribution in [0.25, 0.3) is 0 Å². The Bertz CT molecular complexity index is 1000. The molecule has 6 nitrogen and oxygen atoms in total. The Hall–Kier alpha value is -3.32. The van der Waals surface area contributed by atoms with E-state index in [0.717, 1.165) is 4.47 Å². The van der Waals surface area contributed by atoms with Gasteiger partial charge < -0.3 is 18.9 Å². The zero-order chi connectivity index (χ0) is 21.3. The summed E-state index contributed by atoms with van der Waals surface area (Å²) in [5.41, 5.74) is 0.628. The van der Waals surface area contributed by atoms with Crippen molar-refractivity contribution < 1.29 is 28.5 Å². The van der Waals surface area contributed by atoms with Gasteiger partial charge in [-0.05, 0) is 54.6 Å². The number of carbonyl (C=O) groups excluding carboxylic acids is 2. The van der Waals surface area contributed by atoms with Crippen LogP contribution in [-0.2, 0) is 4.74 Å². The summed E-state index contributed by atoms with van der Waals surface area (Å²) in [7, 11) is 1.48. The molecule has 0 N–H and O–H groups in total. The van der Waals surface area contributed by atoms with E-state index in [0.29, 0.717) is 22.8 Å². The van der Waals surface area contributed by atoms with Crippen LogP contribution in [0, 0.1) is 0 Å². The van der Waals surface area contributed by atoms with Crippen LogP contribution in [0.5, 0.6) is 17.2 Å². The molecule has 0 aromatic heterocycles. The predicted octanol–water partition coefficient (Wildman–Crippen LogP) is 4.91. The van der Waals surface area contributed by atoms with Crippen molar-refractivity contribution in [1.82, 2.24) is 0 Å². The molecule has 0 spiro atoms. The highest BCUT2D eigenvalue weighted by atomic mass is 79.9. The molecule has 0 amide bonds. The van der Waals surface area contributed by atoms with Crippen LogP contribution in [-0.4, -0.2) is 32.3 Å². The fourth-order valence-corrected chi connectivity index (χ4v) is 2.92. The summed E-state index contributed by atoms with van der Waals surface area (Å²) < 4.78 is 22.0. The maximum atomic E-state index is 12.4. The fraction of sp³-hybridized carbons (Fsp3) is 0.130. The largest absolute Gasteiger partial charge is 0.496 e. The van der Waals surface area contributed by atoms with E-state index in [9.17, 15) is 9.59 Å². The monoisotopic (exact) mass is 470 g/mol. The summed E-state index contributed by atoms with van der Waals surface area (Å²) in [5.74, 6) is 0.355. The second-order valence-electron chi connectivity index (χ2n) is 6.06. The van der Waals surface area contributed by atoms with Crippen molar-refractivity contribution in [2.24, 2.45) is 0 Å². The van der Waals surface area contributed by atoms with Crippen molar-refractivity contribution in [3.05, 3.63) is 88.4 Å². The van der Waals surface area contributed by atoms with Gasteiger partial charge in [-0.1, -0.05) is 34.1 Å². The van der Waals surface area contributed by atoms with E-state index in [-0.39, 0.29) is 18.8 Å². The summed E-state index contributed by atoms with van der Waals surface area (Å²) in [6.45, 7) is 0.368. The Kier molecular flexibility index (Phi) is 7.45. The Labute approximate surface area is 182 Å². The summed E-state index contributed by atoms with van der Waals surface area (Å²) in [4.78, 5) is 24.6. The topological polar surface area (TPSA) is 71.1 Å². The summed E-state index contributed by atoms with van der Waals surface area (Å²) in [6, 6.07) is 20.4. The predicted molar refractivity (Wildman–Crippen MR) is 114 cm³/mol. The van der Waals surface area contributed by atoms with Crippen LogP contribution in [0.15, 0.2) is 77.3 Å². The lowest BCUT2D eigenvalue weighted by Gasteiger charge is -2.10. The van der Waals surface area contributed by atoms with Gasteiger partial charge in [-0.15, -0.1) is 0 Å². The minimum Gasteiger partial charge on any atom is -0.496 e. The number of rotatable bonds is 8. The SMILES string of the molecule is COc1ccc(Br)cc1C(=O)Oc1ccc(C(=O)OCCOc2ccccc2)cc1. The van der Waals surface area contributed by atoms with Crippen LogP contribution in [0.1, 0.15) is 20.7 Å². The Morgan fingerprint density at radius 1 is 0.833 bits per heavy atom. The molecule has 3 rings (SSSR count). The first-order valence-corrected chi connectivity index (χ1v) is 9.87. The number of hydrogen-bond acceptors (Lipinski definition) is 6. The van der Waals surface area contributed by atoms with Crippen LogP contribution in [0.4, 0.5) is 0 Å². The van der Waals surface area contributed by atoms with Crippen LogP contribution in [0.3, 0.4) is 0 Å². The van der Waals surface area contributed by atoms with Gasteiger partial charge in [0, 0.05) is 4.47 Å². The Morgan fingerprint density at radius 3 is 2.27 bits per heavy atom. The molecule has 3 aromatic rings. The van der Waals surface area contributed by atoms with Gasteiger partial charge in [0.25, 0.3) is 0 Å². The van der Waals surface area contributed by atoms with Crippen molar-refractivity contribution in [3.63, 3.8) is 0 Å². The zero-order valence-electron chi connectivity index (χ0n) is 16.2. The molecular weight excluding hydrogens is 452 g/mol. The Balaban J connectivity index is 1.52. The number of para-hydroxylation sites is 1. The van der Waals surface area contributed by atoms with Gasteiger partial charge in [0.15, 0.2) is 0 Å². The lowest BCUT2D eigenvalue weighted by Crippen LogP contribution is -2.13. The average molecular weight is 471 g/mol. The highest BCUT2D eigenvalue weighted by Crippen LogP contribution is 2.25. The van der Waals surface area contributed by atoms with Gasteiger partial charge in [0.1, 0.15) is 36.0 Å². The lowest BCUT2D eigenvalue weighted by molar-refractivity contribution is 0.0450. The molecule has 0 aliphatic heterocycles. The molecule has 0 unspecified atom stereocenters. The third kappa shape index (κ3) is 5.84. The van der Waals surface area contributed by atoms with E-state index in [4.69, 9.17) is 18.9 Å². The van der Waals surface area contributed by atoms with E-state index in [1.54, 1.807) is 18.2 Å². The highest BCUT2D eigenvalue weighted by Gasteiger charge is 2.16. The van der Waals surface area contributed by atoms with Crippen molar-refractivity contribution in [1.29, 1.82) is 0 Å². The second kappa shape index (κ2) is 10.5. The molecule has 154 valence electrons. The summed E-state index contributed by atoms with van der Waals surface area (Å²) in [6.07, 6.45) is 0.